The van der Waals surface area contributed by atoms with Crippen LogP contribution in [0.5, 0.6) is 0 Å². The Hall–Kier alpha value is -0.830. The fourth-order valence-electron chi connectivity index (χ4n) is 0.376. The average molecular weight is 147 g/mol. The highest BCUT2D eigenvalue weighted by atomic mass is 35.5. The molecule has 1 rings (SSSR count). The molecule has 1 heterocycles. The minimum atomic E-state index is -0.287. The molecule has 0 fully saturated rings. The normalized spacial score (nSPS) is 13.8. The summed E-state index contributed by atoms with van der Waals surface area (Å²) < 4.78 is 20.9. The summed E-state index contributed by atoms with van der Waals surface area (Å²) in [5.41, 5.74) is 0.735. The van der Waals surface area contributed by atoms with E-state index >= 15 is 0 Å². The largest absolute Gasteiger partial charge is 0.383 e. The zero-order chi connectivity index (χ0) is 9.30. The van der Waals surface area contributed by atoms with Gasteiger partial charge in [-0.3, -0.25) is 0 Å². The Bertz CT molecular complexity index is 304. The minimum Gasteiger partial charge on any atom is -0.383 e. The van der Waals surface area contributed by atoms with Crippen molar-refractivity contribution in [1.29, 1.82) is 0 Å². The maximum Gasteiger partial charge on any atom is 0.158 e. The number of anilines is 1. The summed E-state index contributed by atoms with van der Waals surface area (Å²) in [6, 6.07) is 0. The Kier molecular flexibility index (Phi) is 0.818. The highest BCUT2D eigenvalue weighted by Gasteiger charge is 1.98. The third-order valence-corrected chi connectivity index (χ3v) is 1.32. The first-order chi connectivity index (χ1) is 5.52. The molecular formula is C5H6ClN3. The molecule has 0 spiro atoms. The number of halogens is 1. The second kappa shape index (κ2) is 2.19. The third-order valence-electron chi connectivity index (χ3n) is 0.949. The highest BCUT2D eigenvalue weighted by Crippen LogP contribution is 2.13. The molecule has 0 saturated carbocycles. The van der Waals surface area contributed by atoms with E-state index < -0.39 is 0 Å². The topological polar surface area (TPSA) is 51.8 Å². The van der Waals surface area contributed by atoms with Crippen LogP contribution >= 0.6 is 11.6 Å². The monoisotopic (exact) mass is 146 g/mol. The maximum atomic E-state index is 7.07. The van der Waals surface area contributed by atoms with Crippen LogP contribution in [0.2, 0.25) is 7.98 Å². The quantitative estimate of drug-likeness (QED) is 0.602. The Balaban J connectivity index is 3.28. The van der Waals surface area contributed by atoms with Gasteiger partial charge in [-0.25, -0.2) is 9.97 Å². The van der Waals surface area contributed by atoms with Crippen LogP contribution in [0.15, 0.2) is 6.30 Å². The molecule has 0 aliphatic rings. The van der Waals surface area contributed by atoms with Crippen molar-refractivity contribution in [3.8, 4) is 0 Å². The summed E-state index contributed by atoms with van der Waals surface area (Å²) in [5, 5.41) is 0.106. The van der Waals surface area contributed by atoms with Crippen molar-refractivity contribution in [2.45, 2.75) is 6.92 Å². The van der Waals surface area contributed by atoms with E-state index in [-0.39, 0.29) is 17.3 Å². The van der Waals surface area contributed by atoms with Gasteiger partial charge < -0.3 is 5.72 Å². The van der Waals surface area contributed by atoms with E-state index in [1.165, 1.54) is 0 Å². The molecule has 0 bridgehead atoms. The molecule has 1 aromatic rings. The van der Waals surface area contributed by atoms with Crippen molar-refractivity contribution in [3.05, 3.63) is 17.0 Å². The van der Waals surface area contributed by atoms with Gasteiger partial charge in [0.1, 0.15) is 18.6 Å². The molecule has 0 unspecified atom stereocenters. The van der Waals surface area contributed by atoms with Crippen LogP contribution in [0.4, 0.5) is 5.82 Å². The lowest BCUT2D eigenvalue weighted by Crippen LogP contribution is -1.94. The van der Waals surface area contributed by atoms with Crippen LogP contribution in [0.1, 0.15) is 6.93 Å². The van der Waals surface area contributed by atoms with E-state index in [2.05, 4.69) is 9.97 Å². The van der Waals surface area contributed by atoms with E-state index in [9.17, 15) is 0 Å². The van der Waals surface area contributed by atoms with Gasteiger partial charge >= 0.3 is 0 Å². The number of hydrogen-bond acceptors (Lipinski definition) is 3. The van der Waals surface area contributed by atoms with Crippen LogP contribution in [-0.4, -0.2) is 9.97 Å². The van der Waals surface area contributed by atoms with Gasteiger partial charge in [-0.05, 0) is 6.92 Å². The van der Waals surface area contributed by atoms with Crippen molar-refractivity contribution in [3.63, 3.8) is 0 Å². The van der Waals surface area contributed by atoms with Gasteiger partial charge in [0, 0.05) is 5.56 Å². The van der Waals surface area contributed by atoms with Crippen molar-refractivity contribution >= 4 is 17.4 Å². The van der Waals surface area contributed by atoms with Gasteiger partial charge in [0.05, 0.1) is 0 Å². The third kappa shape index (κ3) is 1.10. The van der Waals surface area contributed by atoms with Crippen molar-refractivity contribution in [2.24, 2.45) is 0 Å². The summed E-state index contributed by atoms with van der Waals surface area (Å²) in [6.07, 6.45) is -0.287. The van der Waals surface area contributed by atoms with E-state index in [1.807, 2.05) is 0 Å². The smallest absolute Gasteiger partial charge is 0.158 e. The number of rotatable bonds is 1. The van der Waals surface area contributed by atoms with Crippen molar-refractivity contribution in [2.75, 3.05) is 5.72 Å². The molecule has 0 saturated heterocycles. The lowest BCUT2D eigenvalue weighted by atomic mass is 10.4. The number of hydrogen-bond donors (Lipinski definition) is 1. The molecule has 3 nitrogen and oxygen atoms in total. The van der Waals surface area contributed by atoms with Crippen LogP contribution in [-0.2, 0) is 0 Å². The SMILES string of the molecule is [2H]c1nc(Cl)c(C)c(N([2H])[2H])n1. The zero-order valence-corrected chi connectivity index (χ0v) is 5.48. The van der Waals surface area contributed by atoms with Crippen LogP contribution in [0.25, 0.3) is 0 Å². The summed E-state index contributed by atoms with van der Waals surface area (Å²) in [7, 11) is 0. The summed E-state index contributed by atoms with van der Waals surface area (Å²) >= 11 is 5.60. The minimum absolute atomic E-state index is 0.0278. The first-order valence-corrected chi connectivity index (χ1v) is 2.68. The van der Waals surface area contributed by atoms with Gasteiger partial charge in [-0.2, -0.15) is 0 Å². The molecular weight excluding hydrogens is 138 g/mol. The first kappa shape index (κ1) is 3.37. The maximum absolute atomic E-state index is 7.07. The summed E-state index contributed by atoms with van der Waals surface area (Å²) in [5.74, 6) is 0.0278. The Morgan fingerprint density at radius 3 is 3.33 bits per heavy atom. The predicted octanol–water partition coefficient (Wildman–Crippen LogP) is 1.02. The standard InChI is InChI=1S/C5H6ClN3/c1-3-4(6)8-2-9-5(3)7/h2H,1H3,(H2,7,8,9)/i2D/hD2. The average Bonchev–Trinajstić information content (AvgIpc) is 1.96. The molecule has 9 heavy (non-hydrogen) atoms. The molecule has 0 radical (unpaired) electrons. The number of nitrogen functional groups attached to an aromatic ring is 1. The fourth-order valence-corrected chi connectivity index (χ4v) is 0.499. The predicted molar refractivity (Wildman–Crippen MR) is 36.2 cm³/mol. The van der Waals surface area contributed by atoms with E-state index in [1.54, 1.807) is 6.92 Å². The summed E-state index contributed by atoms with van der Waals surface area (Å²) in [4.78, 5) is 7.10. The molecule has 2 N–H and O–H groups in total. The highest BCUT2D eigenvalue weighted by molar-refractivity contribution is 6.30. The van der Waals surface area contributed by atoms with Gasteiger partial charge in [0.25, 0.3) is 0 Å². The van der Waals surface area contributed by atoms with Crippen molar-refractivity contribution in [1.82, 2.24) is 9.97 Å². The molecule has 48 valence electrons. The van der Waals surface area contributed by atoms with Gasteiger partial charge in [0.2, 0.25) is 0 Å². The lowest BCUT2D eigenvalue weighted by Gasteiger charge is -1.96. The molecule has 0 aliphatic carbocycles. The number of nitrogens with zero attached hydrogens (tertiary/aromatic N) is 2. The van der Waals surface area contributed by atoms with Gasteiger partial charge in [0.15, 0.2) is 2.82 Å². The Morgan fingerprint density at radius 2 is 2.67 bits per heavy atom. The van der Waals surface area contributed by atoms with Crippen molar-refractivity contribution < 1.29 is 4.19 Å². The van der Waals surface area contributed by atoms with E-state index in [0.29, 0.717) is 11.3 Å². The molecule has 1 aromatic heterocycles. The van der Waals surface area contributed by atoms with E-state index in [4.69, 9.17) is 15.8 Å². The van der Waals surface area contributed by atoms with E-state index in [0.717, 1.165) is 0 Å². The Labute approximate surface area is 62.2 Å². The van der Waals surface area contributed by atoms with Gasteiger partial charge in [-0.1, -0.05) is 11.6 Å². The zero-order valence-electron chi connectivity index (χ0n) is 7.72. The molecule has 0 aliphatic heterocycles. The summed E-state index contributed by atoms with van der Waals surface area (Å²) in [6.45, 7) is 1.59. The molecule has 0 aromatic carbocycles. The fraction of sp³-hybridized carbons (Fsp3) is 0.200. The Morgan fingerprint density at radius 1 is 1.89 bits per heavy atom. The number of aromatic nitrogens is 2. The molecule has 0 amide bonds. The van der Waals surface area contributed by atoms with Crippen LogP contribution in [0.3, 0.4) is 0 Å². The number of nitrogens with two attached hydrogens (primary N) is 1. The van der Waals surface area contributed by atoms with Gasteiger partial charge in [-0.15, -0.1) is 0 Å². The lowest BCUT2D eigenvalue weighted by molar-refractivity contribution is 1.14. The van der Waals surface area contributed by atoms with Crippen LogP contribution < -0.4 is 5.72 Å². The first-order valence-electron chi connectivity index (χ1n) is 3.70. The molecule has 0 atom stereocenters. The molecule has 4 heteroatoms. The second-order valence-corrected chi connectivity index (χ2v) is 1.92. The van der Waals surface area contributed by atoms with Crippen LogP contribution in [0, 0.1) is 6.92 Å². The second-order valence-electron chi connectivity index (χ2n) is 1.56.